The van der Waals surface area contributed by atoms with E-state index in [9.17, 15) is 0 Å². The van der Waals surface area contributed by atoms with Crippen molar-refractivity contribution in [3.05, 3.63) is 41.9 Å². The second-order valence-corrected chi connectivity index (χ2v) is 6.57. The number of nitrogens with one attached hydrogen (secondary N) is 1. The van der Waals surface area contributed by atoms with Gasteiger partial charge in [-0.25, -0.2) is 9.67 Å². The van der Waals surface area contributed by atoms with Crippen LogP contribution in [0, 0.1) is 0 Å². The molecule has 0 radical (unpaired) electrons. The Kier molecular flexibility index (Phi) is 4.27. The van der Waals surface area contributed by atoms with Crippen molar-refractivity contribution in [2.24, 2.45) is 0 Å². The molecule has 8 heteroatoms. The fourth-order valence-electron chi connectivity index (χ4n) is 2.90. The van der Waals surface area contributed by atoms with E-state index in [-0.39, 0.29) is 0 Å². The van der Waals surface area contributed by atoms with Crippen molar-refractivity contribution in [2.45, 2.75) is 51.7 Å². The molecule has 0 unspecified atom stereocenters. The Bertz CT molecular complexity index is 840. The topological polar surface area (TPSA) is 94.6 Å². The Hall–Kier alpha value is -2.61. The molecule has 3 aromatic rings. The Morgan fingerprint density at radius 2 is 2.24 bits per heavy atom. The lowest BCUT2D eigenvalue weighted by Crippen LogP contribution is -2.37. The molecule has 0 fully saturated rings. The zero-order chi connectivity index (χ0) is 17.2. The zero-order valence-electron chi connectivity index (χ0n) is 14.4. The number of hydrogen-bond acceptors (Lipinski definition) is 7. The predicted octanol–water partition coefficient (Wildman–Crippen LogP) is 1.95. The molecule has 130 valence electrons. The molecule has 8 nitrogen and oxygen atoms in total. The van der Waals surface area contributed by atoms with Crippen LogP contribution in [0.5, 0.6) is 0 Å². The molecule has 4 rings (SSSR count). The van der Waals surface area contributed by atoms with Crippen LogP contribution in [0.3, 0.4) is 0 Å². The van der Waals surface area contributed by atoms with Crippen molar-refractivity contribution in [3.8, 4) is 11.5 Å². The highest BCUT2D eigenvalue weighted by atomic mass is 16.5. The summed E-state index contributed by atoms with van der Waals surface area (Å²) in [5.41, 5.74) is 0.712. The molecule has 25 heavy (non-hydrogen) atoms. The molecular weight excluding hydrogens is 318 g/mol. The van der Waals surface area contributed by atoms with E-state index in [1.54, 1.807) is 6.20 Å². The van der Waals surface area contributed by atoms with E-state index in [4.69, 9.17) is 4.52 Å². The average Bonchev–Trinajstić information content (AvgIpc) is 3.27. The van der Waals surface area contributed by atoms with E-state index in [0.717, 1.165) is 31.0 Å². The second kappa shape index (κ2) is 6.72. The third-order valence-electron chi connectivity index (χ3n) is 4.29. The van der Waals surface area contributed by atoms with Crippen molar-refractivity contribution in [1.29, 1.82) is 0 Å². The minimum absolute atomic E-state index is 0.319. The minimum atomic E-state index is 0.319. The number of fused-ring (bicyclic) bond motifs is 1. The van der Waals surface area contributed by atoms with Gasteiger partial charge < -0.3 is 9.84 Å². The van der Waals surface area contributed by atoms with E-state index in [2.05, 4.69) is 44.4 Å². The first-order valence-electron chi connectivity index (χ1n) is 8.60. The Balaban J connectivity index is 1.37. The quantitative estimate of drug-likeness (QED) is 0.759. The van der Waals surface area contributed by atoms with Gasteiger partial charge in [0.1, 0.15) is 11.5 Å². The van der Waals surface area contributed by atoms with Gasteiger partial charge in [-0.1, -0.05) is 25.1 Å². The Morgan fingerprint density at radius 1 is 1.32 bits per heavy atom. The average molecular weight is 339 g/mol. The van der Waals surface area contributed by atoms with Crippen LogP contribution in [0.2, 0.25) is 0 Å². The number of nitrogens with zero attached hydrogens (tertiary/aromatic N) is 6. The number of rotatable bonds is 5. The highest BCUT2D eigenvalue weighted by Gasteiger charge is 2.22. The molecule has 0 spiro atoms. The molecular formula is C17H21N7O. The maximum absolute atomic E-state index is 5.32. The molecule has 0 saturated heterocycles. The summed E-state index contributed by atoms with van der Waals surface area (Å²) < 4.78 is 7.33. The lowest BCUT2D eigenvalue weighted by Gasteiger charge is -2.22. The highest BCUT2D eigenvalue weighted by molar-refractivity contribution is 5.46. The maximum Gasteiger partial charge on any atom is 0.240 e. The summed E-state index contributed by atoms with van der Waals surface area (Å²) in [6.07, 6.45) is 3.67. The molecule has 3 aromatic heterocycles. The van der Waals surface area contributed by atoms with Gasteiger partial charge in [0, 0.05) is 24.6 Å². The largest absolute Gasteiger partial charge is 0.337 e. The number of aromatic nitrogens is 6. The van der Waals surface area contributed by atoms with Crippen molar-refractivity contribution in [1.82, 2.24) is 35.2 Å². The van der Waals surface area contributed by atoms with Gasteiger partial charge >= 0.3 is 0 Å². The summed E-state index contributed by atoms with van der Waals surface area (Å²) in [5, 5.41) is 12.1. The third kappa shape index (κ3) is 3.43. The van der Waals surface area contributed by atoms with Crippen LogP contribution in [0.4, 0.5) is 0 Å². The fraction of sp³-hybridized carbons (Fsp3) is 0.471. The molecule has 1 N–H and O–H groups in total. The maximum atomic E-state index is 5.32. The molecule has 0 saturated carbocycles. The van der Waals surface area contributed by atoms with Crippen LogP contribution in [0.25, 0.3) is 11.5 Å². The van der Waals surface area contributed by atoms with Crippen LogP contribution in [0.15, 0.2) is 28.9 Å². The zero-order valence-corrected chi connectivity index (χ0v) is 14.4. The molecule has 0 aromatic carbocycles. The summed E-state index contributed by atoms with van der Waals surface area (Å²) in [5.74, 6) is 3.44. The van der Waals surface area contributed by atoms with Crippen molar-refractivity contribution in [2.75, 3.05) is 0 Å². The van der Waals surface area contributed by atoms with Crippen molar-refractivity contribution >= 4 is 0 Å². The first kappa shape index (κ1) is 15.9. The first-order valence-corrected chi connectivity index (χ1v) is 8.60. The molecule has 0 amide bonds. The minimum Gasteiger partial charge on any atom is -0.337 e. The van der Waals surface area contributed by atoms with Gasteiger partial charge in [-0.3, -0.25) is 4.98 Å². The van der Waals surface area contributed by atoms with Gasteiger partial charge in [0.05, 0.1) is 13.1 Å². The van der Waals surface area contributed by atoms with Gasteiger partial charge in [0.15, 0.2) is 5.82 Å². The Labute approximate surface area is 145 Å². The summed E-state index contributed by atoms with van der Waals surface area (Å²) in [4.78, 5) is 13.2. The summed E-state index contributed by atoms with van der Waals surface area (Å²) in [6.45, 7) is 5.58. The lowest BCUT2D eigenvalue weighted by atomic mass is 10.1. The predicted molar refractivity (Wildman–Crippen MR) is 90.6 cm³/mol. The van der Waals surface area contributed by atoms with E-state index in [0.29, 0.717) is 35.9 Å². The van der Waals surface area contributed by atoms with Crippen LogP contribution < -0.4 is 5.32 Å². The van der Waals surface area contributed by atoms with E-state index in [1.807, 2.05) is 22.9 Å². The molecule has 1 aliphatic heterocycles. The van der Waals surface area contributed by atoms with Gasteiger partial charge in [-0.05, 0) is 18.6 Å². The van der Waals surface area contributed by atoms with Gasteiger partial charge in [-0.2, -0.15) is 10.1 Å². The van der Waals surface area contributed by atoms with Crippen molar-refractivity contribution < 1.29 is 4.52 Å². The fourth-order valence-corrected chi connectivity index (χ4v) is 2.90. The van der Waals surface area contributed by atoms with Crippen LogP contribution in [-0.4, -0.2) is 35.9 Å². The number of pyridine rings is 1. The summed E-state index contributed by atoms with van der Waals surface area (Å²) in [7, 11) is 0. The van der Waals surface area contributed by atoms with Gasteiger partial charge in [0.25, 0.3) is 0 Å². The number of hydrogen-bond donors (Lipinski definition) is 1. The molecule has 1 aliphatic rings. The normalized spacial score (nSPS) is 17.0. The monoisotopic (exact) mass is 339 g/mol. The SMILES string of the molecule is CC(C)c1nc2n(n1)C[C@@H](NCc1nc(-c3ccccn3)no1)CC2. The highest BCUT2D eigenvalue weighted by Crippen LogP contribution is 2.17. The van der Waals surface area contributed by atoms with E-state index < -0.39 is 0 Å². The van der Waals surface area contributed by atoms with Gasteiger partial charge in [-0.15, -0.1) is 0 Å². The standard InChI is InChI=1S/C17H21N7O/c1-11(2)16-20-14-7-6-12(10-24(14)22-16)19-9-15-21-17(23-25-15)13-5-3-4-8-18-13/h3-5,8,11-12,19H,6-7,9-10H2,1-2H3/t12-/m0/s1. The summed E-state index contributed by atoms with van der Waals surface area (Å²) in [6, 6.07) is 5.94. The van der Waals surface area contributed by atoms with Crippen molar-refractivity contribution in [3.63, 3.8) is 0 Å². The number of aryl methyl sites for hydroxylation is 1. The lowest BCUT2D eigenvalue weighted by molar-refractivity contribution is 0.320. The molecule has 4 heterocycles. The smallest absolute Gasteiger partial charge is 0.240 e. The van der Waals surface area contributed by atoms with Crippen LogP contribution in [-0.2, 0) is 19.5 Å². The first-order chi connectivity index (χ1) is 12.2. The van der Waals surface area contributed by atoms with E-state index >= 15 is 0 Å². The molecule has 0 bridgehead atoms. The van der Waals surface area contributed by atoms with E-state index in [1.165, 1.54) is 0 Å². The molecule has 0 aliphatic carbocycles. The third-order valence-corrected chi connectivity index (χ3v) is 4.29. The Morgan fingerprint density at radius 3 is 3.04 bits per heavy atom. The van der Waals surface area contributed by atoms with Crippen LogP contribution in [0.1, 0.15) is 43.7 Å². The summed E-state index contributed by atoms with van der Waals surface area (Å²) >= 11 is 0. The van der Waals surface area contributed by atoms with Gasteiger partial charge in [0.2, 0.25) is 11.7 Å². The molecule has 1 atom stereocenters. The van der Waals surface area contributed by atoms with Crippen LogP contribution >= 0.6 is 0 Å². The second-order valence-electron chi connectivity index (χ2n) is 6.57.